The first-order chi connectivity index (χ1) is 10.8. The van der Waals surface area contributed by atoms with E-state index in [4.69, 9.17) is 4.52 Å². The molecule has 114 valence electrons. The molecule has 0 bridgehead atoms. The zero-order valence-corrected chi connectivity index (χ0v) is 12.2. The van der Waals surface area contributed by atoms with Gasteiger partial charge in [0.15, 0.2) is 0 Å². The number of carbonyl (C=O) groups is 1. The van der Waals surface area contributed by atoms with Gasteiger partial charge in [-0.05, 0) is 32.1 Å². The Morgan fingerprint density at radius 3 is 2.91 bits per heavy atom. The normalized spacial score (nSPS) is 21.8. The summed E-state index contributed by atoms with van der Waals surface area (Å²) in [5.41, 5.74) is 0.577. The Labute approximate surface area is 127 Å². The molecule has 0 radical (unpaired) electrons. The zero-order valence-electron chi connectivity index (χ0n) is 12.2. The third-order valence-electron chi connectivity index (χ3n) is 4.23. The molecular weight excluding hydrogens is 282 g/mol. The van der Waals surface area contributed by atoms with Gasteiger partial charge in [-0.15, -0.1) is 0 Å². The van der Waals surface area contributed by atoms with Gasteiger partial charge in [0, 0.05) is 24.9 Å². The Bertz CT molecular complexity index is 668. The lowest BCUT2D eigenvalue weighted by atomic mass is 10.0. The predicted molar refractivity (Wildman–Crippen MR) is 76.4 cm³/mol. The lowest BCUT2D eigenvalue weighted by molar-refractivity contribution is -0.137. The number of rotatable bonds is 3. The molecule has 7 nitrogen and oxygen atoms in total. The molecule has 1 saturated heterocycles. The van der Waals surface area contributed by atoms with Gasteiger partial charge in [0.05, 0.1) is 6.20 Å². The van der Waals surface area contributed by atoms with Crippen LogP contribution >= 0.6 is 0 Å². The first kappa shape index (κ1) is 13.4. The van der Waals surface area contributed by atoms with Crippen molar-refractivity contribution in [3.63, 3.8) is 0 Å². The van der Waals surface area contributed by atoms with Crippen molar-refractivity contribution < 1.29 is 9.32 Å². The molecular formula is C15H17N5O2. The number of hydrogen-bond acceptors (Lipinski definition) is 6. The van der Waals surface area contributed by atoms with E-state index in [1.54, 1.807) is 18.6 Å². The summed E-state index contributed by atoms with van der Waals surface area (Å²) in [4.78, 5) is 27.0. The predicted octanol–water partition coefficient (Wildman–Crippen LogP) is 1.99. The minimum absolute atomic E-state index is 0.0974. The molecule has 1 saturated carbocycles. The minimum atomic E-state index is -0.0974. The quantitative estimate of drug-likeness (QED) is 0.861. The molecule has 7 heteroatoms. The lowest BCUT2D eigenvalue weighted by Gasteiger charge is -2.33. The molecule has 2 aromatic rings. The molecule has 1 amide bonds. The Kier molecular flexibility index (Phi) is 3.32. The van der Waals surface area contributed by atoms with Crippen molar-refractivity contribution in [1.82, 2.24) is 25.0 Å². The molecule has 1 aliphatic carbocycles. The van der Waals surface area contributed by atoms with Crippen LogP contribution in [0.3, 0.4) is 0 Å². The Hall–Kier alpha value is -2.31. The van der Waals surface area contributed by atoms with Crippen molar-refractivity contribution in [1.29, 1.82) is 0 Å². The average Bonchev–Trinajstić information content (AvgIpc) is 3.32. The second kappa shape index (κ2) is 5.47. The van der Waals surface area contributed by atoms with E-state index in [-0.39, 0.29) is 17.9 Å². The van der Waals surface area contributed by atoms with Gasteiger partial charge in [0.1, 0.15) is 11.7 Å². The van der Waals surface area contributed by atoms with Gasteiger partial charge >= 0.3 is 0 Å². The van der Waals surface area contributed by atoms with Crippen molar-refractivity contribution in [2.45, 2.75) is 38.1 Å². The summed E-state index contributed by atoms with van der Waals surface area (Å²) >= 11 is 0. The lowest BCUT2D eigenvalue weighted by Crippen LogP contribution is -2.39. The number of carbonyl (C=O) groups excluding carboxylic acids is 1. The number of piperidine rings is 1. The van der Waals surface area contributed by atoms with Crippen LogP contribution in [0, 0.1) is 5.92 Å². The highest BCUT2D eigenvalue weighted by molar-refractivity contribution is 5.81. The van der Waals surface area contributed by atoms with E-state index >= 15 is 0 Å². The fourth-order valence-corrected chi connectivity index (χ4v) is 2.91. The van der Waals surface area contributed by atoms with E-state index < -0.39 is 0 Å². The minimum Gasteiger partial charge on any atom is -0.337 e. The number of nitrogens with zero attached hydrogens (tertiary/aromatic N) is 5. The SMILES string of the molecule is O=C(C1CC1)N1CCCC[C@H]1c1nc(-c2cnccn2)no1. The topological polar surface area (TPSA) is 85.0 Å². The maximum absolute atomic E-state index is 12.4. The molecule has 3 heterocycles. The molecule has 0 unspecified atom stereocenters. The standard InChI is InChI=1S/C15H17N5O2/c21-15(10-4-5-10)20-8-2-1-3-12(20)14-18-13(19-22-14)11-9-16-6-7-17-11/h6-7,9-10,12H,1-5,8H2/t12-/m0/s1. The van der Waals surface area contributed by atoms with Crippen molar-refractivity contribution in [2.75, 3.05) is 6.54 Å². The summed E-state index contributed by atoms with van der Waals surface area (Å²) in [5, 5.41) is 3.99. The smallest absolute Gasteiger partial charge is 0.249 e. The molecule has 2 fully saturated rings. The first-order valence-corrected chi connectivity index (χ1v) is 7.73. The van der Waals surface area contributed by atoms with Gasteiger partial charge in [-0.2, -0.15) is 4.98 Å². The second-order valence-electron chi connectivity index (χ2n) is 5.86. The Morgan fingerprint density at radius 2 is 2.14 bits per heavy atom. The molecule has 2 aliphatic rings. The maximum Gasteiger partial charge on any atom is 0.249 e. The highest BCUT2D eigenvalue weighted by Gasteiger charge is 2.39. The summed E-state index contributed by atoms with van der Waals surface area (Å²) in [6, 6.07) is -0.0974. The Balaban J connectivity index is 1.59. The van der Waals surface area contributed by atoms with Crippen LogP contribution in [0.2, 0.25) is 0 Å². The van der Waals surface area contributed by atoms with E-state index in [2.05, 4.69) is 20.1 Å². The molecule has 0 aromatic carbocycles. The fourth-order valence-electron chi connectivity index (χ4n) is 2.91. The number of hydrogen-bond donors (Lipinski definition) is 0. The summed E-state index contributed by atoms with van der Waals surface area (Å²) in [6.07, 6.45) is 9.80. The zero-order chi connectivity index (χ0) is 14.9. The fraction of sp³-hybridized carbons (Fsp3) is 0.533. The summed E-state index contributed by atoms with van der Waals surface area (Å²) in [6.45, 7) is 0.781. The van der Waals surface area contributed by atoms with Crippen LogP contribution in [-0.4, -0.2) is 37.5 Å². The van der Waals surface area contributed by atoms with Crippen molar-refractivity contribution in [3.05, 3.63) is 24.5 Å². The van der Waals surface area contributed by atoms with E-state index in [0.29, 0.717) is 17.4 Å². The van der Waals surface area contributed by atoms with E-state index in [1.807, 2.05) is 4.90 Å². The van der Waals surface area contributed by atoms with Crippen LogP contribution in [-0.2, 0) is 4.79 Å². The van der Waals surface area contributed by atoms with Gasteiger partial charge < -0.3 is 9.42 Å². The third kappa shape index (κ3) is 2.47. The monoisotopic (exact) mass is 299 g/mol. The summed E-state index contributed by atoms with van der Waals surface area (Å²) < 4.78 is 5.42. The molecule has 0 N–H and O–H groups in total. The number of likely N-dealkylation sites (tertiary alicyclic amines) is 1. The summed E-state index contributed by atoms with van der Waals surface area (Å²) in [7, 11) is 0. The largest absolute Gasteiger partial charge is 0.337 e. The van der Waals surface area contributed by atoms with Crippen LogP contribution < -0.4 is 0 Å². The van der Waals surface area contributed by atoms with Crippen molar-refractivity contribution in [2.24, 2.45) is 5.92 Å². The number of aromatic nitrogens is 4. The van der Waals surface area contributed by atoms with Crippen LogP contribution in [0.4, 0.5) is 0 Å². The average molecular weight is 299 g/mol. The highest BCUT2D eigenvalue weighted by atomic mass is 16.5. The third-order valence-corrected chi connectivity index (χ3v) is 4.23. The molecule has 4 rings (SSSR count). The van der Waals surface area contributed by atoms with Gasteiger partial charge in [-0.1, -0.05) is 5.16 Å². The van der Waals surface area contributed by atoms with E-state index in [0.717, 1.165) is 38.6 Å². The maximum atomic E-state index is 12.4. The van der Waals surface area contributed by atoms with E-state index in [1.165, 1.54) is 0 Å². The van der Waals surface area contributed by atoms with Gasteiger partial charge in [-0.25, -0.2) is 4.98 Å². The van der Waals surface area contributed by atoms with Gasteiger partial charge in [0.2, 0.25) is 17.6 Å². The molecule has 1 atom stereocenters. The Morgan fingerprint density at radius 1 is 1.23 bits per heavy atom. The first-order valence-electron chi connectivity index (χ1n) is 7.73. The van der Waals surface area contributed by atoms with Crippen molar-refractivity contribution in [3.8, 4) is 11.5 Å². The molecule has 1 aliphatic heterocycles. The number of amides is 1. The van der Waals surface area contributed by atoms with Crippen LogP contribution in [0.1, 0.15) is 44.0 Å². The molecule has 0 spiro atoms. The highest BCUT2D eigenvalue weighted by Crippen LogP contribution is 2.37. The molecule has 22 heavy (non-hydrogen) atoms. The van der Waals surface area contributed by atoms with Crippen molar-refractivity contribution >= 4 is 5.91 Å². The van der Waals surface area contributed by atoms with Crippen LogP contribution in [0.25, 0.3) is 11.5 Å². The van der Waals surface area contributed by atoms with Crippen LogP contribution in [0.5, 0.6) is 0 Å². The second-order valence-corrected chi connectivity index (χ2v) is 5.86. The molecule has 2 aromatic heterocycles. The van der Waals surface area contributed by atoms with Gasteiger partial charge in [-0.3, -0.25) is 9.78 Å². The van der Waals surface area contributed by atoms with Crippen LogP contribution in [0.15, 0.2) is 23.1 Å². The summed E-state index contributed by atoms with van der Waals surface area (Å²) in [5.74, 6) is 1.38. The van der Waals surface area contributed by atoms with Gasteiger partial charge in [0.25, 0.3) is 0 Å². The van der Waals surface area contributed by atoms with E-state index in [9.17, 15) is 4.79 Å².